The number of ether oxygens (including phenoxy) is 1. The van der Waals surface area contributed by atoms with E-state index in [1.54, 1.807) is 0 Å². The number of carbonyl (C=O) groups is 1. The molecule has 128 valence electrons. The van der Waals surface area contributed by atoms with Gasteiger partial charge < -0.3 is 14.7 Å². The summed E-state index contributed by atoms with van der Waals surface area (Å²) >= 11 is 0. The number of rotatable bonds is 2. The van der Waals surface area contributed by atoms with Gasteiger partial charge in [-0.05, 0) is 52.4 Å². The van der Waals surface area contributed by atoms with Gasteiger partial charge in [0.15, 0.2) is 0 Å². The van der Waals surface area contributed by atoms with Crippen molar-refractivity contribution in [3.63, 3.8) is 0 Å². The van der Waals surface area contributed by atoms with Gasteiger partial charge in [0.25, 0.3) is 0 Å². The van der Waals surface area contributed by atoms with Gasteiger partial charge in [-0.15, -0.1) is 0 Å². The summed E-state index contributed by atoms with van der Waals surface area (Å²) in [7, 11) is 0. The molecule has 22 heavy (non-hydrogen) atoms. The summed E-state index contributed by atoms with van der Waals surface area (Å²) in [4.78, 5) is 14.5. The zero-order valence-corrected chi connectivity index (χ0v) is 14.7. The molecule has 0 spiro atoms. The zero-order chi connectivity index (χ0) is 16.3. The van der Waals surface area contributed by atoms with Crippen molar-refractivity contribution in [2.24, 2.45) is 11.8 Å². The second-order valence-corrected chi connectivity index (χ2v) is 8.06. The molecule has 0 radical (unpaired) electrons. The molecule has 1 saturated heterocycles. The van der Waals surface area contributed by atoms with Crippen LogP contribution in [0.5, 0.6) is 0 Å². The fourth-order valence-corrected chi connectivity index (χ4v) is 3.99. The summed E-state index contributed by atoms with van der Waals surface area (Å²) in [5.74, 6) is 0.883. The molecule has 0 aromatic carbocycles. The van der Waals surface area contributed by atoms with Gasteiger partial charge in [0.05, 0.1) is 6.10 Å². The third-order valence-corrected chi connectivity index (χ3v) is 5.23. The van der Waals surface area contributed by atoms with Crippen LogP contribution in [0.4, 0.5) is 4.79 Å². The van der Waals surface area contributed by atoms with Gasteiger partial charge in [-0.3, -0.25) is 0 Å². The number of likely N-dealkylation sites (tertiary alicyclic amines) is 1. The first-order valence-electron chi connectivity index (χ1n) is 8.99. The first-order chi connectivity index (χ1) is 10.3. The highest BCUT2D eigenvalue weighted by Crippen LogP contribution is 2.37. The minimum Gasteiger partial charge on any atom is -0.444 e. The molecule has 4 nitrogen and oxygen atoms in total. The molecule has 1 N–H and O–H groups in total. The van der Waals surface area contributed by atoms with Crippen LogP contribution < -0.4 is 0 Å². The lowest BCUT2D eigenvalue weighted by molar-refractivity contribution is -0.0350. The van der Waals surface area contributed by atoms with E-state index in [0.29, 0.717) is 5.92 Å². The predicted molar refractivity (Wildman–Crippen MR) is 87.7 cm³/mol. The van der Waals surface area contributed by atoms with Crippen molar-refractivity contribution < 1.29 is 14.6 Å². The second-order valence-electron chi connectivity index (χ2n) is 8.06. The normalized spacial score (nSPS) is 33.6. The highest BCUT2D eigenvalue weighted by atomic mass is 16.6. The van der Waals surface area contributed by atoms with Gasteiger partial charge in [-0.25, -0.2) is 4.79 Å². The molecule has 1 amide bonds. The molecular weight excluding hydrogens is 278 g/mol. The lowest BCUT2D eigenvalue weighted by Crippen LogP contribution is -2.53. The summed E-state index contributed by atoms with van der Waals surface area (Å²) < 4.78 is 5.61. The standard InChI is InChI=1S/C18H33NO3/c1-5-13-10-11-19(17(21)22-18(2,3)4)15(12-13)14-8-6-7-9-16(14)20/h13-16,20H,5-12H2,1-4H3. The van der Waals surface area contributed by atoms with Crippen LogP contribution in [0, 0.1) is 11.8 Å². The van der Waals surface area contributed by atoms with E-state index in [4.69, 9.17) is 4.74 Å². The number of hydrogen-bond donors (Lipinski definition) is 1. The summed E-state index contributed by atoms with van der Waals surface area (Å²) in [6, 6.07) is 0.142. The third kappa shape index (κ3) is 4.37. The van der Waals surface area contributed by atoms with Crippen LogP contribution >= 0.6 is 0 Å². The van der Waals surface area contributed by atoms with E-state index in [0.717, 1.165) is 51.5 Å². The van der Waals surface area contributed by atoms with E-state index in [9.17, 15) is 9.90 Å². The molecule has 0 aromatic heterocycles. The van der Waals surface area contributed by atoms with E-state index in [2.05, 4.69) is 6.92 Å². The summed E-state index contributed by atoms with van der Waals surface area (Å²) in [6.45, 7) is 8.72. The molecule has 2 fully saturated rings. The predicted octanol–water partition coefficient (Wildman–Crippen LogP) is 3.96. The van der Waals surface area contributed by atoms with Crippen LogP contribution in [-0.4, -0.2) is 40.4 Å². The first-order valence-corrected chi connectivity index (χ1v) is 8.99. The minimum absolute atomic E-state index is 0.142. The molecule has 4 heteroatoms. The number of aliphatic hydroxyl groups is 1. The maximum absolute atomic E-state index is 12.6. The number of hydrogen-bond acceptors (Lipinski definition) is 3. The molecule has 1 aliphatic heterocycles. The van der Waals surface area contributed by atoms with Gasteiger partial charge in [0.2, 0.25) is 0 Å². The van der Waals surface area contributed by atoms with Crippen molar-refractivity contribution >= 4 is 6.09 Å². The minimum atomic E-state index is -0.464. The van der Waals surface area contributed by atoms with Crippen molar-refractivity contribution in [1.29, 1.82) is 0 Å². The van der Waals surface area contributed by atoms with Gasteiger partial charge in [0, 0.05) is 18.5 Å². The Labute approximate surface area is 135 Å². The SMILES string of the molecule is CCC1CCN(C(=O)OC(C)(C)C)C(C2CCCCC2O)C1. The third-order valence-electron chi connectivity index (χ3n) is 5.23. The highest BCUT2D eigenvalue weighted by Gasteiger charge is 2.41. The van der Waals surface area contributed by atoms with E-state index in [1.807, 2.05) is 25.7 Å². The first kappa shape index (κ1) is 17.6. The maximum atomic E-state index is 12.6. The van der Waals surface area contributed by atoms with Crippen molar-refractivity contribution in [2.45, 2.75) is 90.4 Å². The molecule has 2 aliphatic rings. The van der Waals surface area contributed by atoms with Crippen LogP contribution in [-0.2, 0) is 4.74 Å². The lowest BCUT2D eigenvalue weighted by Gasteiger charge is -2.45. The highest BCUT2D eigenvalue weighted by molar-refractivity contribution is 5.68. The van der Waals surface area contributed by atoms with Crippen molar-refractivity contribution in [3.05, 3.63) is 0 Å². The number of nitrogens with zero attached hydrogens (tertiary/aromatic N) is 1. The summed E-state index contributed by atoms with van der Waals surface area (Å²) in [5, 5.41) is 10.4. The Hall–Kier alpha value is -0.770. The maximum Gasteiger partial charge on any atom is 0.410 e. The Morgan fingerprint density at radius 1 is 1.23 bits per heavy atom. The van der Waals surface area contributed by atoms with Crippen molar-refractivity contribution in [2.75, 3.05) is 6.54 Å². The van der Waals surface area contributed by atoms with Crippen molar-refractivity contribution in [3.8, 4) is 0 Å². The van der Waals surface area contributed by atoms with E-state index in [-0.39, 0.29) is 24.2 Å². The fraction of sp³-hybridized carbons (Fsp3) is 0.944. The Balaban J connectivity index is 2.12. The van der Waals surface area contributed by atoms with Gasteiger partial charge in [-0.1, -0.05) is 26.2 Å². The number of aliphatic hydroxyl groups excluding tert-OH is 1. The number of piperidine rings is 1. The Morgan fingerprint density at radius 2 is 1.91 bits per heavy atom. The molecule has 1 aliphatic carbocycles. The van der Waals surface area contributed by atoms with Crippen molar-refractivity contribution in [1.82, 2.24) is 4.90 Å². The number of amides is 1. The van der Waals surface area contributed by atoms with Crippen LogP contribution in [0.25, 0.3) is 0 Å². The molecule has 2 rings (SSSR count). The van der Waals surface area contributed by atoms with E-state index >= 15 is 0 Å². The van der Waals surface area contributed by atoms with Gasteiger partial charge in [-0.2, -0.15) is 0 Å². The summed E-state index contributed by atoms with van der Waals surface area (Å²) in [5.41, 5.74) is -0.464. The summed E-state index contributed by atoms with van der Waals surface area (Å²) in [6.07, 6.45) is 6.92. The lowest BCUT2D eigenvalue weighted by atomic mass is 9.75. The second kappa shape index (κ2) is 7.20. The van der Waals surface area contributed by atoms with Crippen LogP contribution in [0.1, 0.15) is 72.6 Å². The molecular formula is C18H33NO3. The zero-order valence-electron chi connectivity index (χ0n) is 14.7. The van der Waals surface area contributed by atoms with Gasteiger partial charge in [0.1, 0.15) is 5.60 Å². The van der Waals surface area contributed by atoms with Crippen LogP contribution in [0.15, 0.2) is 0 Å². The van der Waals surface area contributed by atoms with Crippen LogP contribution in [0.3, 0.4) is 0 Å². The Bertz CT molecular complexity index is 377. The molecule has 1 heterocycles. The van der Waals surface area contributed by atoms with Crippen LogP contribution in [0.2, 0.25) is 0 Å². The smallest absolute Gasteiger partial charge is 0.410 e. The molecule has 4 unspecified atom stereocenters. The largest absolute Gasteiger partial charge is 0.444 e. The molecule has 0 aromatic rings. The quantitative estimate of drug-likeness (QED) is 0.839. The Kier molecular flexibility index (Phi) is 5.76. The Morgan fingerprint density at radius 3 is 2.50 bits per heavy atom. The molecule has 0 bridgehead atoms. The average molecular weight is 311 g/mol. The average Bonchev–Trinajstić information content (AvgIpc) is 2.45. The molecule has 4 atom stereocenters. The fourth-order valence-electron chi connectivity index (χ4n) is 3.99. The van der Waals surface area contributed by atoms with Gasteiger partial charge >= 0.3 is 6.09 Å². The monoisotopic (exact) mass is 311 g/mol. The van der Waals surface area contributed by atoms with E-state index < -0.39 is 5.60 Å². The topological polar surface area (TPSA) is 49.8 Å². The molecule has 1 saturated carbocycles. The number of carbonyl (C=O) groups excluding carboxylic acids is 1. The van der Waals surface area contributed by atoms with E-state index in [1.165, 1.54) is 0 Å².